The van der Waals surface area contributed by atoms with Gasteiger partial charge in [0.05, 0.1) is 0 Å². The van der Waals surface area contributed by atoms with Crippen LogP contribution in [0.2, 0.25) is 0 Å². The molecule has 0 saturated heterocycles. The third kappa shape index (κ3) is 4.27. The van der Waals surface area contributed by atoms with Crippen molar-refractivity contribution in [3.63, 3.8) is 0 Å². The molecule has 2 heteroatoms. The van der Waals surface area contributed by atoms with Crippen molar-refractivity contribution in [2.24, 2.45) is 0 Å². The molecule has 0 amide bonds. The molecular formula is C8H10ClIr-. The molecule has 0 saturated carbocycles. The van der Waals surface area contributed by atoms with Gasteiger partial charge in [0.15, 0.2) is 0 Å². The van der Waals surface area contributed by atoms with Crippen molar-refractivity contribution in [2.75, 3.05) is 0 Å². The molecule has 0 spiro atoms. The Morgan fingerprint density at radius 3 is 2.80 bits per heavy atom. The summed E-state index contributed by atoms with van der Waals surface area (Å²) in [5.74, 6) is 0. The maximum Gasteiger partial charge on any atom is 0 e. The minimum absolute atomic E-state index is 0. The molecule has 0 heterocycles. The molecule has 0 nitrogen and oxygen atoms in total. The zero-order chi connectivity index (χ0) is 6.53. The fraction of sp³-hybridized carbons (Fsp3) is 0.500. The summed E-state index contributed by atoms with van der Waals surface area (Å²) >= 11 is 5.77. The molecule has 0 atom stereocenters. The fourth-order valence-corrected chi connectivity index (χ4v) is 1.03. The van der Waals surface area contributed by atoms with Gasteiger partial charge >= 0.3 is 0 Å². The van der Waals surface area contributed by atoms with Crippen LogP contribution < -0.4 is 0 Å². The Kier molecular flexibility index (Phi) is 6.41. The normalized spacial score (nSPS) is 18.3. The van der Waals surface area contributed by atoms with Crippen LogP contribution >= 0.6 is 11.6 Å². The van der Waals surface area contributed by atoms with Crippen molar-refractivity contribution in [3.05, 3.63) is 23.3 Å². The second-order valence-corrected chi connectivity index (χ2v) is 2.59. The quantitative estimate of drug-likeness (QED) is 0.472. The van der Waals surface area contributed by atoms with Crippen molar-refractivity contribution in [3.8, 4) is 0 Å². The third-order valence-electron chi connectivity index (χ3n) is 1.32. The van der Waals surface area contributed by atoms with E-state index < -0.39 is 0 Å². The largest absolute Gasteiger partial charge is 0.481 e. The van der Waals surface area contributed by atoms with Gasteiger partial charge in [0.2, 0.25) is 0 Å². The van der Waals surface area contributed by atoms with Crippen molar-refractivity contribution in [1.82, 2.24) is 0 Å². The van der Waals surface area contributed by atoms with Gasteiger partial charge in [-0.1, -0.05) is 18.6 Å². The molecule has 1 aliphatic rings. The summed E-state index contributed by atoms with van der Waals surface area (Å²) in [7, 11) is 0. The van der Waals surface area contributed by atoms with Gasteiger partial charge < -0.3 is 6.08 Å². The van der Waals surface area contributed by atoms with Crippen LogP contribution in [0.1, 0.15) is 25.7 Å². The molecule has 0 aromatic carbocycles. The molecule has 0 aliphatic heterocycles. The molecule has 0 N–H and O–H groups in total. The van der Waals surface area contributed by atoms with Gasteiger partial charge in [-0.3, -0.25) is 0 Å². The molecule has 0 bridgehead atoms. The molecule has 1 aliphatic carbocycles. The van der Waals surface area contributed by atoms with E-state index in [1.807, 2.05) is 0 Å². The zero-order valence-corrected chi connectivity index (χ0v) is 8.85. The number of hydrogen-bond acceptors (Lipinski definition) is 0. The first kappa shape index (κ1) is 10.4. The molecule has 0 aromatic heterocycles. The van der Waals surface area contributed by atoms with Crippen LogP contribution in [0.4, 0.5) is 0 Å². The second-order valence-electron chi connectivity index (χ2n) is 2.13. The first-order valence-electron chi connectivity index (χ1n) is 3.30. The molecule has 59 valence electrons. The fourth-order valence-electron chi connectivity index (χ4n) is 0.825. The van der Waals surface area contributed by atoms with E-state index in [2.05, 4.69) is 18.2 Å². The van der Waals surface area contributed by atoms with E-state index in [-0.39, 0.29) is 20.1 Å². The van der Waals surface area contributed by atoms with Crippen molar-refractivity contribution >= 4 is 11.6 Å². The summed E-state index contributed by atoms with van der Waals surface area (Å²) in [6, 6.07) is 0. The summed E-state index contributed by atoms with van der Waals surface area (Å²) in [6.07, 6.45) is 11.6. The van der Waals surface area contributed by atoms with E-state index in [4.69, 9.17) is 11.6 Å². The minimum Gasteiger partial charge on any atom is -0.481 e. The topological polar surface area (TPSA) is 0 Å². The van der Waals surface area contributed by atoms with Crippen molar-refractivity contribution in [1.29, 1.82) is 0 Å². The van der Waals surface area contributed by atoms with Gasteiger partial charge in [-0.2, -0.15) is 11.5 Å². The molecule has 1 radical (unpaired) electrons. The number of halogens is 1. The van der Waals surface area contributed by atoms with E-state index in [0.29, 0.717) is 0 Å². The second kappa shape index (κ2) is 6.15. The van der Waals surface area contributed by atoms with Gasteiger partial charge in [-0.05, 0) is 12.8 Å². The number of hydrogen-bond donors (Lipinski definition) is 0. The summed E-state index contributed by atoms with van der Waals surface area (Å²) < 4.78 is 0. The smallest absolute Gasteiger partial charge is 0 e. The maximum atomic E-state index is 5.77. The summed E-state index contributed by atoms with van der Waals surface area (Å²) in [5.41, 5.74) is 0. The Morgan fingerprint density at radius 2 is 2.00 bits per heavy atom. The summed E-state index contributed by atoms with van der Waals surface area (Å²) in [6.45, 7) is 0. The maximum absolute atomic E-state index is 5.77. The van der Waals surface area contributed by atoms with Crippen LogP contribution in [0, 0.1) is 6.08 Å². The van der Waals surface area contributed by atoms with E-state index in [1.165, 1.54) is 0 Å². The Labute approximate surface area is 80.7 Å². The first-order valence-corrected chi connectivity index (χ1v) is 3.67. The Balaban J connectivity index is 0.000000810. The van der Waals surface area contributed by atoms with Crippen LogP contribution in [-0.4, -0.2) is 0 Å². The standard InChI is InChI=1S/C8H10Cl.Ir/c9-8-6-4-2-1-3-5-7-8;/h1-2H,3-6H2;/q-1;. The predicted molar refractivity (Wildman–Crippen MR) is 40.2 cm³/mol. The van der Waals surface area contributed by atoms with Gasteiger partial charge in [0.1, 0.15) is 0 Å². The molecule has 10 heavy (non-hydrogen) atoms. The van der Waals surface area contributed by atoms with Gasteiger partial charge in [-0.25, -0.2) is 0 Å². The SMILES string of the molecule is ClC1=[C-]CCC=CCC1.[Ir]. The molecule has 0 unspecified atom stereocenters. The summed E-state index contributed by atoms with van der Waals surface area (Å²) in [5, 5.41) is 0.902. The first-order chi connectivity index (χ1) is 4.39. The molecule has 0 fully saturated rings. The molecule has 0 aromatic rings. The van der Waals surface area contributed by atoms with E-state index in [1.54, 1.807) is 0 Å². The van der Waals surface area contributed by atoms with Gasteiger partial charge in [0.25, 0.3) is 0 Å². The zero-order valence-electron chi connectivity index (χ0n) is 5.69. The minimum atomic E-state index is 0. The van der Waals surface area contributed by atoms with E-state index in [0.717, 1.165) is 30.7 Å². The van der Waals surface area contributed by atoms with Gasteiger partial charge in [0, 0.05) is 20.1 Å². The predicted octanol–water partition coefficient (Wildman–Crippen LogP) is 3.04. The summed E-state index contributed by atoms with van der Waals surface area (Å²) in [4.78, 5) is 0. The Morgan fingerprint density at radius 1 is 1.30 bits per heavy atom. The third-order valence-corrected chi connectivity index (χ3v) is 1.65. The number of rotatable bonds is 0. The van der Waals surface area contributed by atoms with Crippen LogP contribution in [0.15, 0.2) is 17.2 Å². The molecular weight excluding hydrogens is 324 g/mol. The van der Waals surface area contributed by atoms with Crippen molar-refractivity contribution < 1.29 is 20.1 Å². The molecule has 1 rings (SSSR count). The van der Waals surface area contributed by atoms with Crippen molar-refractivity contribution in [2.45, 2.75) is 25.7 Å². The van der Waals surface area contributed by atoms with Crippen LogP contribution in [0.25, 0.3) is 0 Å². The van der Waals surface area contributed by atoms with Crippen LogP contribution in [0.3, 0.4) is 0 Å². The van der Waals surface area contributed by atoms with Crippen LogP contribution in [0.5, 0.6) is 0 Å². The van der Waals surface area contributed by atoms with Gasteiger partial charge in [-0.15, -0.1) is 11.6 Å². The van der Waals surface area contributed by atoms with E-state index in [9.17, 15) is 0 Å². The van der Waals surface area contributed by atoms with E-state index >= 15 is 0 Å². The van der Waals surface area contributed by atoms with Crippen LogP contribution in [-0.2, 0) is 20.1 Å². The average molecular weight is 334 g/mol. The number of allylic oxidation sites excluding steroid dienone is 4. The monoisotopic (exact) mass is 334 g/mol. The average Bonchev–Trinajstić information content (AvgIpc) is 1.79. The Bertz CT molecular complexity index is 138. The Hall–Kier alpha value is 0.419.